The van der Waals surface area contributed by atoms with Crippen molar-refractivity contribution < 1.29 is 14.8 Å². The summed E-state index contributed by atoms with van der Waals surface area (Å²) in [5.41, 5.74) is 0.621. The van der Waals surface area contributed by atoms with Gasteiger partial charge in [0.1, 0.15) is 5.69 Å². The van der Waals surface area contributed by atoms with Crippen molar-refractivity contribution in [1.82, 2.24) is 4.98 Å². The first kappa shape index (κ1) is 14.4. The average molecular weight is 287 g/mol. The second kappa shape index (κ2) is 6.47. The van der Waals surface area contributed by atoms with Gasteiger partial charge in [0.2, 0.25) is 0 Å². The molecule has 0 aliphatic heterocycles. The monoisotopic (exact) mass is 287 g/mol. The van der Waals surface area contributed by atoms with E-state index < -0.39 is 10.9 Å². The van der Waals surface area contributed by atoms with Gasteiger partial charge in [0.05, 0.1) is 10.5 Å². The van der Waals surface area contributed by atoms with E-state index in [1.165, 1.54) is 18.2 Å². The van der Waals surface area contributed by atoms with Crippen LogP contribution in [0.5, 0.6) is 0 Å². The lowest BCUT2D eigenvalue weighted by Gasteiger charge is -2.10. The van der Waals surface area contributed by atoms with Crippen LogP contribution in [0.15, 0.2) is 42.7 Å². The quantitative estimate of drug-likeness (QED) is 0.624. The maximum atomic E-state index is 11.2. The molecule has 21 heavy (non-hydrogen) atoms. The molecule has 0 unspecified atom stereocenters. The predicted molar refractivity (Wildman–Crippen MR) is 76.5 cm³/mol. The van der Waals surface area contributed by atoms with Crippen molar-refractivity contribution in [3.8, 4) is 0 Å². The standard InChI is InChI=1S/C14H13N3O4/c18-14(19)11-4-1-5-12(17(20)21)13(11)16-8-6-10-3-2-7-15-9-10/h1-5,7,9,16H,6,8H2,(H,18,19). The normalized spacial score (nSPS) is 10.1. The molecule has 0 saturated carbocycles. The second-order valence-corrected chi connectivity index (χ2v) is 4.30. The van der Waals surface area contributed by atoms with E-state index in [0.29, 0.717) is 13.0 Å². The van der Waals surface area contributed by atoms with E-state index in [1.54, 1.807) is 18.5 Å². The molecule has 1 heterocycles. The first-order chi connectivity index (χ1) is 10.1. The molecule has 0 spiro atoms. The Morgan fingerprint density at radius 3 is 2.76 bits per heavy atom. The van der Waals surface area contributed by atoms with E-state index in [-0.39, 0.29) is 16.9 Å². The maximum Gasteiger partial charge on any atom is 0.338 e. The molecule has 0 atom stereocenters. The molecule has 0 radical (unpaired) electrons. The number of anilines is 1. The number of benzene rings is 1. The average Bonchev–Trinajstić information content (AvgIpc) is 2.48. The zero-order valence-electron chi connectivity index (χ0n) is 11.0. The van der Waals surface area contributed by atoms with Crippen LogP contribution in [-0.4, -0.2) is 27.5 Å². The molecule has 0 saturated heterocycles. The Labute approximate surface area is 120 Å². The zero-order valence-corrected chi connectivity index (χ0v) is 11.0. The highest BCUT2D eigenvalue weighted by molar-refractivity contribution is 5.96. The Morgan fingerprint density at radius 2 is 2.14 bits per heavy atom. The number of carbonyl (C=O) groups is 1. The fraction of sp³-hybridized carbons (Fsp3) is 0.143. The summed E-state index contributed by atoms with van der Waals surface area (Å²) in [5, 5.41) is 23.0. The van der Waals surface area contributed by atoms with Crippen molar-refractivity contribution >= 4 is 17.3 Å². The molecule has 0 fully saturated rings. The highest BCUT2D eigenvalue weighted by Crippen LogP contribution is 2.28. The number of hydrogen-bond acceptors (Lipinski definition) is 5. The van der Waals surface area contributed by atoms with Crippen LogP contribution < -0.4 is 5.32 Å². The molecule has 2 aromatic rings. The molecule has 0 bridgehead atoms. The lowest BCUT2D eigenvalue weighted by Crippen LogP contribution is -2.11. The highest BCUT2D eigenvalue weighted by atomic mass is 16.6. The summed E-state index contributed by atoms with van der Waals surface area (Å²) in [6.07, 6.45) is 3.93. The first-order valence-corrected chi connectivity index (χ1v) is 6.23. The number of aromatic nitrogens is 1. The number of nitro benzene ring substituents is 1. The van der Waals surface area contributed by atoms with Crippen LogP contribution in [0.2, 0.25) is 0 Å². The minimum absolute atomic E-state index is 0.0268. The van der Waals surface area contributed by atoms with Crippen molar-refractivity contribution in [2.45, 2.75) is 6.42 Å². The van der Waals surface area contributed by atoms with E-state index in [1.807, 2.05) is 6.07 Å². The molecule has 2 N–H and O–H groups in total. The number of carboxylic acid groups (broad SMARTS) is 1. The molecule has 7 nitrogen and oxygen atoms in total. The number of pyridine rings is 1. The molecule has 1 aromatic heterocycles. The number of carboxylic acids is 1. The molecular weight excluding hydrogens is 274 g/mol. The third-order valence-electron chi connectivity index (χ3n) is 2.91. The maximum absolute atomic E-state index is 11.2. The Kier molecular flexibility index (Phi) is 4.45. The van der Waals surface area contributed by atoms with Gasteiger partial charge in [-0.1, -0.05) is 12.1 Å². The lowest BCUT2D eigenvalue weighted by molar-refractivity contribution is -0.384. The minimum atomic E-state index is -1.21. The SMILES string of the molecule is O=C(O)c1cccc([N+](=O)[O-])c1NCCc1cccnc1. The summed E-state index contributed by atoms with van der Waals surface area (Å²) in [6.45, 7) is 0.372. The van der Waals surface area contributed by atoms with Crippen LogP contribution in [0.1, 0.15) is 15.9 Å². The second-order valence-electron chi connectivity index (χ2n) is 4.30. The summed E-state index contributed by atoms with van der Waals surface area (Å²) < 4.78 is 0. The van der Waals surface area contributed by atoms with Gasteiger partial charge in [-0.3, -0.25) is 15.1 Å². The topological polar surface area (TPSA) is 105 Å². The Hall–Kier alpha value is -2.96. The van der Waals surface area contributed by atoms with Crippen LogP contribution in [0, 0.1) is 10.1 Å². The minimum Gasteiger partial charge on any atom is -0.478 e. The van der Waals surface area contributed by atoms with E-state index in [0.717, 1.165) is 5.56 Å². The summed E-state index contributed by atoms with van der Waals surface area (Å²) in [5.74, 6) is -1.21. The van der Waals surface area contributed by atoms with Gasteiger partial charge in [-0.15, -0.1) is 0 Å². The molecule has 0 aliphatic carbocycles. The van der Waals surface area contributed by atoms with Gasteiger partial charge in [0, 0.05) is 25.0 Å². The van der Waals surface area contributed by atoms with Crippen molar-refractivity contribution in [3.05, 3.63) is 64.0 Å². The Bertz CT molecular complexity index is 626. The highest BCUT2D eigenvalue weighted by Gasteiger charge is 2.20. The molecule has 108 valence electrons. The summed E-state index contributed by atoms with van der Waals surface area (Å²) in [4.78, 5) is 25.5. The number of rotatable bonds is 6. The van der Waals surface area contributed by atoms with Crippen LogP contribution in [-0.2, 0) is 6.42 Å². The number of nitro groups is 1. The Morgan fingerprint density at radius 1 is 1.33 bits per heavy atom. The molecule has 0 aliphatic rings. The van der Waals surface area contributed by atoms with E-state index >= 15 is 0 Å². The zero-order chi connectivity index (χ0) is 15.2. The van der Waals surface area contributed by atoms with Gasteiger partial charge in [-0.05, 0) is 24.1 Å². The molecule has 1 aromatic carbocycles. The van der Waals surface area contributed by atoms with Gasteiger partial charge in [0.15, 0.2) is 0 Å². The van der Waals surface area contributed by atoms with Crippen LogP contribution in [0.25, 0.3) is 0 Å². The largest absolute Gasteiger partial charge is 0.478 e. The van der Waals surface area contributed by atoms with Crippen molar-refractivity contribution in [2.75, 3.05) is 11.9 Å². The van der Waals surface area contributed by atoms with Crippen molar-refractivity contribution in [2.24, 2.45) is 0 Å². The number of para-hydroxylation sites is 1. The first-order valence-electron chi connectivity index (χ1n) is 6.23. The van der Waals surface area contributed by atoms with Crippen LogP contribution >= 0.6 is 0 Å². The molecule has 7 heteroatoms. The smallest absolute Gasteiger partial charge is 0.338 e. The van der Waals surface area contributed by atoms with Gasteiger partial charge >= 0.3 is 5.97 Å². The van der Waals surface area contributed by atoms with Crippen molar-refractivity contribution in [3.63, 3.8) is 0 Å². The van der Waals surface area contributed by atoms with Gasteiger partial charge in [-0.25, -0.2) is 4.79 Å². The number of nitrogens with zero attached hydrogens (tertiary/aromatic N) is 2. The van der Waals surface area contributed by atoms with Gasteiger partial charge < -0.3 is 10.4 Å². The lowest BCUT2D eigenvalue weighted by atomic mass is 10.1. The third kappa shape index (κ3) is 3.53. The summed E-state index contributed by atoms with van der Waals surface area (Å²) in [7, 11) is 0. The third-order valence-corrected chi connectivity index (χ3v) is 2.91. The summed E-state index contributed by atoms with van der Waals surface area (Å²) >= 11 is 0. The van der Waals surface area contributed by atoms with E-state index in [4.69, 9.17) is 5.11 Å². The molecular formula is C14H13N3O4. The van der Waals surface area contributed by atoms with Gasteiger partial charge in [0.25, 0.3) is 5.69 Å². The predicted octanol–water partition coefficient (Wildman–Crippen LogP) is 2.34. The van der Waals surface area contributed by atoms with E-state index in [2.05, 4.69) is 10.3 Å². The number of aromatic carboxylic acids is 1. The Balaban J connectivity index is 2.18. The van der Waals surface area contributed by atoms with Crippen molar-refractivity contribution in [1.29, 1.82) is 0 Å². The fourth-order valence-corrected chi connectivity index (χ4v) is 1.93. The summed E-state index contributed by atoms with van der Waals surface area (Å²) in [6, 6.07) is 7.64. The fourth-order valence-electron chi connectivity index (χ4n) is 1.93. The number of nitrogens with one attached hydrogen (secondary N) is 1. The molecule has 0 amide bonds. The van der Waals surface area contributed by atoms with Gasteiger partial charge in [-0.2, -0.15) is 0 Å². The number of hydrogen-bond donors (Lipinski definition) is 2. The van der Waals surface area contributed by atoms with E-state index in [9.17, 15) is 14.9 Å². The van der Waals surface area contributed by atoms with Crippen LogP contribution in [0.4, 0.5) is 11.4 Å². The van der Waals surface area contributed by atoms with Crippen LogP contribution in [0.3, 0.4) is 0 Å². The molecule has 2 rings (SSSR count).